The van der Waals surface area contributed by atoms with Gasteiger partial charge in [0.25, 0.3) is 0 Å². The zero-order valence-electron chi connectivity index (χ0n) is 28.2. The zero-order valence-corrected chi connectivity index (χ0v) is 29.0. The van der Waals surface area contributed by atoms with Gasteiger partial charge in [0.1, 0.15) is 11.2 Å². The van der Waals surface area contributed by atoms with Gasteiger partial charge in [0, 0.05) is 54.1 Å². The van der Waals surface area contributed by atoms with E-state index in [0.29, 0.717) is 0 Å². The fourth-order valence-electron chi connectivity index (χ4n) is 8.73. The predicted octanol–water partition coefficient (Wildman–Crippen LogP) is 13.8. The Morgan fingerprint density at radius 1 is 0.385 bits per heavy atom. The van der Waals surface area contributed by atoms with Crippen LogP contribution in [0.25, 0.3) is 53.2 Å². The fourth-order valence-corrected chi connectivity index (χ4v) is 9.87. The maximum absolute atomic E-state index is 6.42. The number of anilines is 3. The van der Waals surface area contributed by atoms with Crippen LogP contribution in [0.2, 0.25) is 0 Å². The predicted molar refractivity (Wildman–Crippen MR) is 219 cm³/mol. The van der Waals surface area contributed by atoms with Crippen LogP contribution in [-0.4, -0.2) is 0 Å². The highest BCUT2D eigenvalue weighted by Crippen LogP contribution is 2.56. The molecular weight excluding hydrogens is 651 g/mol. The summed E-state index contributed by atoms with van der Waals surface area (Å²) in [7, 11) is 0. The van der Waals surface area contributed by atoms with Crippen LogP contribution in [0.5, 0.6) is 0 Å². The molecule has 3 heteroatoms. The first kappa shape index (κ1) is 29.3. The number of hydrogen-bond acceptors (Lipinski definition) is 3. The van der Waals surface area contributed by atoms with E-state index in [1.54, 1.807) is 0 Å². The Labute approximate surface area is 305 Å². The lowest BCUT2D eigenvalue weighted by molar-refractivity contribution is 0.669. The van der Waals surface area contributed by atoms with Crippen molar-refractivity contribution in [3.8, 4) is 11.1 Å². The molecule has 1 aliphatic carbocycles. The average Bonchev–Trinajstić information content (AvgIpc) is 3.87. The highest BCUT2D eigenvalue weighted by atomic mass is 32.1. The van der Waals surface area contributed by atoms with Gasteiger partial charge in [-0.15, -0.1) is 11.3 Å². The largest absolute Gasteiger partial charge is 0.456 e. The number of nitrogens with zero attached hydrogens (tertiary/aromatic N) is 1. The van der Waals surface area contributed by atoms with Crippen molar-refractivity contribution >= 4 is 70.5 Å². The van der Waals surface area contributed by atoms with Gasteiger partial charge in [0.05, 0.1) is 5.41 Å². The van der Waals surface area contributed by atoms with E-state index < -0.39 is 5.41 Å². The zero-order chi connectivity index (χ0) is 34.2. The Morgan fingerprint density at radius 3 is 1.69 bits per heavy atom. The van der Waals surface area contributed by atoms with E-state index in [1.807, 2.05) is 23.5 Å². The van der Waals surface area contributed by atoms with Crippen LogP contribution in [0.3, 0.4) is 0 Å². The van der Waals surface area contributed by atoms with E-state index in [4.69, 9.17) is 4.42 Å². The van der Waals surface area contributed by atoms with Crippen molar-refractivity contribution in [3.63, 3.8) is 0 Å². The molecule has 10 aromatic rings. The summed E-state index contributed by atoms with van der Waals surface area (Å²) in [5.41, 5.74) is 12.3. The van der Waals surface area contributed by atoms with Gasteiger partial charge in [0.2, 0.25) is 0 Å². The van der Waals surface area contributed by atoms with Crippen molar-refractivity contribution in [2.75, 3.05) is 4.90 Å². The maximum atomic E-state index is 6.42. The van der Waals surface area contributed by atoms with Crippen LogP contribution < -0.4 is 4.90 Å². The first-order chi connectivity index (χ1) is 25.8. The van der Waals surface area contributed by atoms with Crippen molar-refractivity contribution in [3.05, 3.63) is 210 Å². The molecule has 0 N–H and O–H groups in total. The molecular formula is C49H31NOS. The molecule has 0 fully saturated rings. The molecule has 2 aromatic heterocycles. The molecule has 244 valence electrons. The van der Waals surface area contributed by atoms with E-state index in [1.165, 1.54) is 53.6 Å². The van der Waals surface area contributed by atoms with E-state index in [-0.39, 0.29) is 0 Å². The van der Waals surface area contributed by atoms with Gasteiger partial charge < -0.3 is 9.32 Å². The molecule has 8 aromatic carbocycles. The topological polar surface area (TPSA) is 16.4 Å². The minimum atomic E-state index is -0.443. The quantitative estimate of drug-likeness (QED) is 0.180. The number of thiophene rings is 1. The van der Waals surface area contributed by atoms with E-state index in [9.17, 15) is 0 Å². The molecule has 52 heavy (non-hydrogen) atoms. The first-order valence-corrected chi connectivity index (χ1v) is 18.6. The third-order valence-electron chi connectivity index (χ3n) is 11.0. The van der Waals surface area contributed by atoms with Gasteiger partial charge >= 0.3 is 0 Å². The van der Waals surface area contributed by atoms with Crippen LogP contribution in [0.15, 0.2) is 192 Å². The Bertz CT molecular complexity index is 2810. The Balaban J connectivity index is 1.12. The second-order valence-electron chi connectivity index (χ2n) is 13.6. The molecule has 0 bridgehead atoms. The highest BCUT2D eigenvalue weighted by Gasteiger charge is 2.45. The van der Waals surface area contributed by atoms with Gasteiger partial charge in [-0.25, -0.2) is 0 Å². The second kappa shape index (κ2) is 11.3. The number of fused-ring (bicyclic) bond motifs is 9. The Morgan fingerprint density at radius 2 is 0.923 bits per heavy atom. The van der Waals surface area contributed by atoms with Crippen molar-refractivity contribution in [1.29, 1.82) is 0 Å². The van der Waals surface area contributed by atoms with Crippen LogP contribution >= 0.6 is 11.3 Å². The van der Waals surface area contributed by atoms with Crippen LogP contribution in [-0.2, 0) is 5.41 Å². The van der Waals surface area contributed by atoms with Crippen molar-refractivity contribution in [2.24, 2.45) is 0 Å². The van der Waals surface area contributed by atoms with E-state index in [0.717, 1.165) is 39.0 Å². The third kappa shape index (κ3) is 4.17. The van der Waals surface area contributed by atoms with Crippen LogP contribution in [0.4, 0.5) is 17.1 Å². The number of benzene rings is 8. The minimum Gasteiger partial charge on any atom is -0.456 e. The first-order valence-electron chi connectivity index (χ1n) is 17.8. The van der Waals surface area contributed by atoms with Crippen molar-refractivity contribution < 1.29 is 4.42 Å². The number of para-hydroxylation sites is 1. The maximum Gasteiger partial charge on any atom is 0.137 e. The molecule has 11 rings (SSSR count). The summed E-state index contributed by atoms with van der Waals surface area (Å²) in [4.78, 5) is 2.37. The molecule has 0 spiro atoms. The molecule has 2 nitrogen and oxygen atoms in total. The fraction of sp³-hybridized carbons (Fsp3) is 0.0204. The molecule has 0 atom stereocenters. The van der Waals surface area contributed by atoms with E-state index >= 15 is 0 Å². The van der Waals surface area contributed by atoms with Gasteiger partial charge in [-0.05, 0) is 81.9 Å². The summed E-state index contributed by atoms with van der Waals surface area (Å²) in [6, 6.07) is 68.5. The molecule has 0 unspecified atom stereocenters. The number of hydrogen-bond donors (Lipinski definition) is 0. The van der Waals surface area contributed by atoms with Gasteiger partial charge in [0.15, 0.2) is 0 Å². The smallest absolute Gasteiger partial charge is 0.137 e. The summed E-state index contributed by atoms with van der Waals surface area (Å²) in [5, 5.41) is 4.85. The average molecular weight is 682 g/mol. The molecule has 2 heterocycles. The highest BCUT2D eigenvalue weighted by molar-refractivity contribution is 7.25. The third-order valence-corrected chi connectivity index (χ3v) is 12.1. The number of furan rings is 1. The standard InChI is InChI=1S/C49H31NOS/c1-2-12-32(13-3-1)49(43-18-8-4-14-37(43)38-15-5-9-19-44(38)49)33-22-24-34(25-23-33)50(35-26-28-40-39-16-6-10-20-45(39)51-46(40)30-35)36-27-29-42-41-17-7-11-21-47(41)52-48(42)31-36/h1-31H. The molecule has 0 saturated heterocycles. The lowest BCUT2D eigenvalue weighted by Crippen LogP contribution is -2.28. The summed E-state index contributed by atoms with van der Waals surface area (Å²) in [6.45, 7) is 0. The van der Waals surface area contributed by atoms with Crippen LogP contribution in [0.1, 0.15) is 22.3 Å². The van der Waals surface area contributed by atoms with Gasteiger partial charge in [-0.3, -0.25) is 0 Å². The van der Waals surface area contributed by atoms with E-state index in [2.05, 4.69) is 181 Å². The molecule has 0 aliphatic heterocycles. The van der Waals surface area contributed by atoms with Crippen LogP contribution in [0, 0.1) is 0 Å². The number of rotatable bonds is 5. The normalized spacial score (nSPS) is 13.2. The summed E-state index contributed by atoms with van der Waals surface area (Å²) in [6.07, 6.45) is 0. The second-order valence-corrected chi connectivity index (χ2v) is 14.7. The monoisotopic (exact) mass is 681 g/mol. The Hall–Kier alpha value is -6.42. The lowest BCUT2D eigenvalue weighted by Gasteiger charge is -2.34. The lowest BCUT2D eigenvalue weighted by atomic mass is 9.68. The SMILES string of the molecule is c1ccc(C2(c3ccc(N(c4ccc5c(c4)oc4ccccc45)c4ccc5c(c4)sc4ccccc45)cc3)c3ccccc3-c3ccccc32)cc1. The summed E-state index contributed by atoms with van der Waals surface area (Å²) >= 11 is 1.85. The molecule has 1 aliphatic rings. The molecule has 0 saturated carbocycles. The summed E-state index contributed by atoms with van der Waals surface area (Å²) in [5.74, 6) is 0. The van der Waals surface area contributed by atoms with Gasteiger partial charge in [-0.1, -0.05) is 133 Å². The molecule has 0 radical (unpaired) electrons. The van der Waals surface area contributed by atoms with Crippen molar-refractivity contribution in [2.45, 2.75) is 5.41 Å². The molecule has 0 amide bonds. The minimum absolute atomic E-state index is 0.443. The Kier molecular flexibility index (Phi) is 6.37. The summed E-state index contributed by atoms with van der Waals surface area (Å²) < 4.78 is 8.99. The van der Waals surface area contributed by atoms with Crippen molar-refractivity contribution in [1.82, 2.24) is 0 Å². The van der Waals surface area contributed by atoms with Gasteiger partial charge in [-0.2, -0.15) is 0 Å².